The number of nitrogens with one attached hydrogen (secondary N) is 1. The van der Waals surface area contributed by atoms with Crippen molar-refractivity contribution in [3.8, 4) is 5.75 Å². The number of aliphatic carboxylic acids is 1. The van der Waals surface area contributed by atoms with E-state index in [1.807, 2.05) is 6.07 Å². The van der Waals surface area contributed by atoms with E-state index < -0.39 is 18.0 Å². The van der Waals surface area contributed by atoms with Crippen molar-refractivity contribution in [1.82, 2.24) is 15.0 Å². The second-order valence-corrected chi connectivity index (χ2v) is 10.7. The molecule has 2 aromatic heterocycles. The molecule has 1 aromatic carbocycles. The Morgan fingerprint density at radius 2 is 1.66 bits per heavy atom. The van der Waals surface area contributed by atoms with Crippen molar-refractivity contribution in [2.24, 2.45) is 5.92 Å². The predicted molar refractivity (Wildman–Crippen MR) is 153 cm³/mol. The van der Waals surface area contributed by atoms with Gasteiger partial charge in [0, 0.05) is 50.4 Å². The highest BCUT2D eigenvalue weighted by Crippen LogP contribution is 2.35. The number of ether oxygens (including phenoxy) is 2. The summed E-state index contributed by atoms with van der Waals surface area (Å²) in [6.07, 6.45) is 0.196. The van der Waals surface area contributed by atoms with E-state index >= 15 is 0 Å². The number of pyridine rings is 1. The van der Waals surface area contributed by atoms with Crippen LogP contribution in [0.25, 0.3) is 11.0 Å². The fourth-order valence-corrected chi connectivity index (χ4v) is 5.10. The summed E-state index contributed by atoms with van der Waals surface area (Å²) in [6.45, 7) is 4.13. The van der Waals surface area contributed by atoms with Crippen LogP contribution >= 0.6 is 0 Å². The van der Waals surface area contributed by atoms with Crippen molar-refractivity contribution >= 4 is 40.2 Å². The molecule has 0 radical (unpaired) electrons. The van der Waals surface area contributed by atoms with E-state index in [2.05, 4.69) is 20.1 Å². The predicted octanol–water partition coefficient (Wildman–Crippen LogP) is 4.32. The van der Waals surface area contributed by atoms with Gasteiger partial charge in [0.15, 0.2) is 23.2 Å². The number of halogens is 4. The van der Waals surface area contributed by atoms with Crippen LogP contribution in [-0.2, 0) is 9.53 Å². The molecule has 15 heteroatoms. The Morgan fingerprint density at radius 3 is 2.25 bits per heavy atom. The number of piperidine rings is 1. The molecule has 3 aliphatic rings. The molecule has 44 heavy (non-hydrogen) atoms. The number of morpholine rings is 1. The summed E-state index contributed by atoms with van der Waals surface area (Å²) in [4.78, 5) is 41.1. The molecule has 236 valence electrons. The Balaban J connectivity index is 0.000000493. The second kappa shape index (κ2) is 13.2. The molecule has 2 aliphatic heterocycles. The van der Waals surface area contributed by atoms with Crippen molar-refractivity contribution in [1.29, 1.82) is 0 Å². The SMILES string of the molecule is COc1ccc(C(=O)C2CCN(c3nc4c(N5CCOCC5)nccc4nc3NC3CC3)CC2)c(F)c1.O=C(O)C(F)(F)F. The van der Waals surface area contributed by atoms with Crippen LogP contribution in [-0.4, -0.2) is 90.5 Å². The average Bonchev–Trinajstić information content (AvgIpc) is 3.84. The van der Waals surface area contributed by atoms with E-state index in [1.54, 1.807) is 12.3 Å². The summed E-state index contributed by atoms with van der Waals surface area (Å²) in [5.41, 5.74) is 1.71. The number of carboxylic acids is 1. The number of carboxylic acid groups (broad SMARTS) is 1. The van der Waals surface area contributed by atoms with Gasteiger partial charge < -0.3 is 29.7 Å². The van der Waals surface area contributed by atoms with Crippen LogP contribution in [0.2, 0.25) is 0 Å². The van der Waals surface area contributed by atoms with Gasteiger partial charge in [0.1, 0.15) is 17.1 Å². The summed E-state index contributed by atoms with van der Waals surface area (Å²) in [5.74, 6) is -0.882. The number of nitrogens with zero attached hydrogens (tertiary/aromatic N) is 5. The lowest BCUT2D eigenvalue weighted by Crippen LogP contribution is -2.38. The normalized spacial score (nSPS) is 17.6. The molecule has 0 atom stereocenters. The highest BCUT2D eigenvalue weighted by Gasteiger charge is 2.38. The lowest BCUT2D eigenvalue weighted by Gasteiger charge is -2.33. The zero-order chi connectivity index (χ0) is 31.4. The van der Waals surface area contributed by atoms with Crippen LogP contribution < -0.4 is 19.9 Å². The average molecular weight is 621 g/mol. The third-order valence-corrected chi connectivity index (χ3v) is 7.62. The van der Waals surface area contributed by atoms with Crippen LogP contribution in [0, 0.1) is 11.7 Å². The Labute approximate surface area is 250 Å². The van der Waals surface area contributed by atoms with E-state index in [4.69, 9.17) is 29.3 Å². The largest absolute Gasteiger partial charge is 0.497 e. The Morgan fingerprint density at radius 1 is 1.00 bits per heavy atom. The third kappa shape index (κ3) is 7.26. The number of carbonyl (C=O) groups excluding carboxylic acids is 1. The summed E-state index contributed by atoms with van der Waals surface area (Å²) in [7, 11) is 1.48. The minimum Gasteiger partial charge on any atom is -0.497 e. The number of methoxy groups -OCH3 is 1. The summed E-state index contributed by atoms with van der Waals surface area (Å²) >= 11 is 0. The van der Waals surface area contributed by atoms with Gasteiger partial charge in [-0.15, -0.1) is 0 Å². The van der Waals surface area contributed by atoms with Crippen LogP contribution in [0.4, 0.5) is 35.0 Å². The first kappa shape index (κ1) is 31.2. The maximum atomic E-state index is 14.5. The molecular weight excluding hydrogens is 588 g/mol. The molecular formula is C29H32F4N6O5. The van der Waals surface area contributed by atoms with Crippen molar-refractivity contribution in [2.45, 2.75) is 37.9 Å². The molecule has 3 aromatic rings. The molecule has 4 heterocycles. The fourth-order valence-electron chi connectivity index (χ4n) is 5.10. The minimum absolute atomic E-state index is 0.127. The molecule has 2 saturated heterocycles. The smallest absolute Gasteiger partial charge is 0.490 e. The van der Waals surface area contributed by atoms with Gasteiger partial charge in [-0.3, -0.25) is 4.79 Å². The zero-order valence-electron chi connectivity index (χ0n) is 23.9. The van der Waals surface area contributed by atoms with Gasteiger partial charge >= 0.3 is 12.1 Å². The Hall–Kier alpha value is -4.27. The van der Waals surface area contributed by atoms with Crippen LogP contribution in [0.1, 0.15) is 36.0 Å². The zero-order valence-corrected chi connectivity index (χ0v) is 23.9. The van der Waals surface area contributed by atoms with E-state index in [1.165, 1.54) is 19.2 Å². The number of benzene rings is 1. The quantitative estimate of drug-likeness (QED) is 0.289. The fraction of sp³-hybridized carbons (Fsp3) is 0.483. The van der Waals surface area contributed by atoms with Gasteiger partial charge in [-0.25, -0.2) is 24.1 Å². The van der Waals surface area contributed by atoms with Gasteiger partial charge in [-0.1, -0.05) is 0 Å². The Kier molecular flexibility index (Phi) is 9.32. The number of ketones is 1. The number of aromatic nitrogens is 3. The molecule has 1 aliphatic carbocycles. The van der Waals surface area contributed by atoms with Crippen LogP contribution in [0.5, 0.6) is 5.75 Å². The number of anilines is 3. The van der Waals surface area contributed by atoms with Gasteiger partial charge in [0.05, 0.1) is 31.4 Å². The number of hydrogen-bond donors (Lipinski definition) is 2. The lowest BCUT2D eigenvalue weighted by molar-refractivity contribution is -0.192. The van der Waals surface area contributed by atoms with E-state index in [-0.39, 0.29) is 17.3 Å². The number of rotatable bonds is 7. The highest BCUT2D eigenvalue weighted by atomic mass is 19.4. The molecule has 11 nitrogen and oxygen atoms in total. The maximum Gasteiger partial charge on any atom is 0.490 e. The van der Waals surface area contributed by atoms with Gasteiger partial charge in [0.25, 0.3) is 0 Å². The number of carbonyl (C=O) groups is 2. The molecule has 0 bridgehead atoms. The first-order valence-electron chi connectivity index (χ1n) is 14.2. The maximum absolute atomic E-state index is 14.5. The highest BCUT2D eigenvalue weighted by molar-refractivity contribution is 5.98. The van der Waals surface area contributed by atoms with Crippen molar-refractivity contribution < 1.29 is 41.7 Å². The van der Waals surface area contributed by atoms with Crippen LogP contribution in [0.3, 0.4) is 0 Å². The third-order valence-electron chi connectivity index (χ3n) is 7.62. The number of fused-ring (bicyclic) bond motifs is 1. The van der Waals surface area contributed by atoms with Gasteiger partial charge in [-0.2, -0.15) is 13.2 Å². The van der Waals surface area contributed by atoms with Gasteiger partial charge in [-0.05, 0) is 43.9 Å². The Bertz CT molecular complexity index is 1510. The summed E-state index contributed by atoms with van der Waals surface area (Å²) in [5, 5.41) is 10.7. The molecule has 1 saturated carbocycles. The van der Waals surface area contributed by atoms with Crippen molar-refractivity contribution in [2.75, 3.05) is 61.6 Å². The first-order valence-corrected chi connectivity index (χ1v) is 14.2. The molecule has 0 spiro atoms. The minimum atomic E-state index is -5.08. The number of Topliss-reactive ketones (excluding diaryl/α,β-unsaturated/α-hetero) is 1. The lowest BCUT2D eigenvalue weighted by atomic mass is 9.88. The summed E-state index contributed by atoms with van der Waals surface area (Å²) < 4.78 is 56.9. The second-order valence-electron chi connectivity index (χ2n) is 10.7. The monoisotopic (exact) mass is 620 g/mol. The number of hydrogen-bond acceptors (Lipinski definition) is 10. The first-order chi connectivity index (χ1) is 21.0. The van der Waals surface area contributed by atoms with E-state index in [9.17, 15) is 22.4 Å². The van der Waals surface area contributed by atoms with E-state index in [0.29, 0.717) is 50.9 Å². The topological polar surface area (TPSA) is 130 Å². The molecule has 0 unspecified atom stereocenters. The molecule has 2 N–H and O–H groups in total. The molecule has 0 amide bonds. The summed E-state index contributed by atoms with van der Waals surface area (Å²) in [6, 6.07) is 6.75. The number of alkyl halides is 3. The molecule has 3 fully saturated rings. The standard InChI is InChI=1S/C27H31FN6O3.C2HF3O2/c1-36-19-4-5-20(21(28)16-19)24(35)17-7-10-33(11-8-17)27-25(30-18-2-3-18)31-22-6-9-29-26(23(22)32-27)34-12-14-37-15-13-34;3-2(4,5)1(6)7/h4-6,9,16-18H,2-3,7-8,10-15H2,1H3,(H,30,31);(H,6,7). The van der Waals surface area contributed by atoms with Gasteiger partial charge in [0.2, 0.25) is 0 Å². The van der Waals surface area contributed by atoms with E-state index in [0.717, 1.165) is 54.4 Å². The van der Waals surface area contributed by atoms with Crippen molar-refractivity contribution in [3.63, 3.8) is 0 Å². The molecule has 6 rings (SSSR count). The van der Waals surface area contributed by atoms with Crippen LogP contribution in [0.15, 0.2) is 30.5 Å². The van der Waals surface area contributed by atoms with Crippen molar-refractivity contribution in [3.05, 3.63) is 41.8 Å².